The van der Waals surface area contributed by atoms with E-state index in [1.54, 1.807) is 24.6 Å². The number of halogens is 2. The van der Waals surface area contributed by atoms with E-state index in [1.165, 1.54) is 0 Å². The number of carbonyl (C=O) groups excluding carboxylic acids is 1. The highest BCUT2D eigenvalue weighted by atomic mass is 19.1. The second kappa shape index (κ2) is 7.19. The highest BCUT2D eigenvalue weighted by Gasteiger charge is 2.19. The number of nitrogens with zero attached hydrogens (tertiary/aromatic N) is 3. The minimum atomic E-state index is -0.697. The van der Waals surface area contributed by atoms with Crippen molar-refractivity contribution in [3.8, 4) is 0 Å². The van der Waals surface area contributed by atoms with E-state index in [2.05, 4.69) is 22.3 Å². The molecule has 26 heavy (non-hydrogen) atoms. The van der Waals surface area contributed by atoms with Gasteiger partial charge in [0, 0.05) is 18.3 Å². The molecule has 0 unspecified atom stereocenters. The van der Waals surface area contributed by atoms with Crippen LogP contribution in [0, 0.1) is 25.5 Å². The Morgan fingerprint density at radius 3 is 2.73 bits per heavy atom. The average molecular weight is 358 g/mol. The summed E-state index contributed by atoms with van der Waals surface area (Å²) in [5, 5.41) is 7.56. The van der Waals surface area contributed by atoms with Gasteiger partial charge in [0.1, 0.15) is 11.6 Å². The van der Waals surface area contributed by atoms with Crippen LogP contribution < -0.4 is 5.32 Å². The van der Waals surface area contributed by atoms with Gasteiger partial charge in [0.2, 0.25) is 0 Å². The zero-order chi connectivity index (χ0) is 18.8. The Morgan fingerprint density at radius 2 is 2.00 bits per heavy atom. The van der Waals surface area contributed by atoms with E-state index in [-0.39, 0.29) is 5.69 Å². The average Bonchev–Trinajstić information content (AvgIpc) is 2.91. The Morgan fingerprint density at radius 1 is 1.23 bits per heavy atom. The van der Waals surface area contributed by atoms with Crippen LogP contribution in [-0.4, -0.2) is 20.7 Å². The molecule has 0 atom stereocenters. The maximum atomic E-state index is 13.9. The Kier molecular flexibility index (Phi) is 4.97. The van der Waals surface area contributed by atoms with E-state index in [1.807, 2.05) is 0 Å². The van der Waals surface area contributed by atoms with Crippen molar-refractivity contribution in [2.45, 2.75) is 40.2 Å². The number of rotatable bonds is 5. The van der Waals surface area contributed by atoms with E-state index >= 15 is 0 Å². The number of benzene rings is 1. The van der Waals surface area contributed by atoms with Gasteiger partial charge in [-0.3, -0.25) is 4.79 Å². The van der Waals surface area contributed by atoms with Crippen molar-refractivity contribution in [3.63, 3.8) is 0 Å². The predicted octanol–water partition coefficient (Wildman–Crippen LogP) is 4.38. The van der Waals surface area contributed by atoms with Crippen LogP contribution in [0.25, 0.3) is 11.0 Å². The third kappa shape index (κ3) is 3.42. The monoisotopic (exact) mass is 358 g/mol. The lowest BCUT2D eigenvalue weighted by Gasteiger charge is -2.09. The Labute approximate surface area is 150 Å². The van der Waals surface area contributed by atoms with Gasteiger partial charge in [0.15, 0.2) is 5.65 Å². The van der Waals surface area contributed by atoms with Gasteiger partial charge in [-0.05, 0) is 38.5 Å². The summed E-state index contributed by atoms with van der Waals surface area (Å²) < 4.78 is 29.0. The van der Waals surface area contributed by atoms with E-state index in [0.717, 1.165) is 31.0 Å². The number of anilines is 1. The van der Waals surface area contributed by atoms with Gasteiger partial charge in [0.05, 0.1) is 22.3 Å². The Hall–Kier alpha value is -2.83. The van der Waals surface area contributed by atoms with Crippen LogP contribution >= 0.6 is 0 Å². The van der Waals surface area contributed by atoms with Crippen molar-refractivity contribution in [2.75, 3.05) is 5.32 Å². The Bertz CT molecular complexity index is 981. The van der Waals surface area contributed by atoms with Crippen molar-refractivity contribution < 1.29 is 13.6 Å². The van der Waals surface area contributed by atoms with E-state index in [0.29, 0.717) is 34.5 Å². The van der Waals surface area contributed by atoms with Crippen LogP contribution in [0.1, 0.15) is 41.5 Å². The SMILES string of the molecule is CCCCn1nc(C)c2c(C(=O)Nc3cc(F)ccc3F)cc(C)nc21. The first-order valence-electron chi connectivity index (χ1n) is 8.52. The highest BCUT2D eigenvalue weighted by Crippen LogP contribution is 2.24. The third-order valence-electron chi connectivity index (χ3n) is 4.15. The molecule has 0 aliphatic rings. The molecule has 2 heterocycles. The van der Waals surface area contributed by atoms with Crippen molar-refractivity contribution >= 4 is 22.6 Å². The summed E-state index contributed by atoms with van der Waals surface area (Å²) in [5.74, 6) is -1.85. The quantitative estimate of drug-likeness (QED) is 0.736. The summed E-state index contributed by atoms with van der Waals surface area (Å²) in [7, 11) is 0. The molecule has 0 aliphatic carbocycles. The molecule has 5 nitrogen and oxygen atoms in total. The lowest BCUT2D eigenvalue weighted by Crippen LogP contribution is -2.14. The number of nitrogens with one attached hydrogen (secondary N) is 1. The lowest BCUT2D eigenvalue weighted by atomic mass is 10.1. The molecular formula is C19H20F2N4O. The topological polar surface area (TPSA) is 59.8 Å². The molecule has 2 aromatic heterocycles. The first-order chi connectivity index (χ1) is 12.4. The van der Waals surface area contributed by atoms with Crippen molar-refractivity contribution in [2.24, 2.45) is 0 Å². The maximum Gasteiger partial charge on any atom is 0.256 e. The predicted molar refractivity (Wildman–Crippen MR) is 96.2 cm³/mol. The van der Waals surface area contributed by atoms with Crippen LogP contribution in [0.15, 0.2) is 24.3 Å². The van der Waals surface area contributed by atoms with Crippen molar-refractivity contribution in [1.82, 2.24) is 14.8 Å². The molecule has 0 fully saturated rings. The number of amides is 1. The molecular weight excluding hydrogens is 338 g/mol. The molecule has 1 aromatic carbocycles. The van der Waals surface area contributed by atoms with Crippen LogP contribution in [0.2, 0.25) is 0 Å². The maximum absolute atomic E-state index is 13.9. The molecule has 1 N–H and O–H groups in total. The normalized spacial score (nSPS) is 11.1. The molecule has 0 radical (unpaired) electrons. The Balaban J connectivity index is 2.05. The minimum Gasteiger partial charge on any atom is -0.319 e. The number of fused-ring (bicyclic) bond motifs is 1. The summed E-state index contributed by atoms with van der Waals surface area (Å²) in [6.07, 6.45) is 1.96. The summed E-state index contributed by atoms with van der Waals surface area (Å²) in [5.41, 5.74) is 2.10. The zero-order valence-corrected chi connectivity index (χ0v) is 14.9. The largest absolute Gasteiger partial charge is 0.319 e. The van der Waals surface area contributed by atoms with Crippen LogP contribution in [0.4, 0.5) is 14.5 Å². The number of unbranched alkanes of at least 4 members (excludes halogenated alkanes) is 1. The van der Waals surface area contributed by atoms with Gasteiger partial charge < -0.3 is 5.32 Å². The van der Waals surface area contributed by atoms with Crippen LogP contribution in [0.5, 0.6) is 0 Å². The number of aryl methyl sites for hydroxylation is 3. The van der Waals surface area contributed by atoms with Crippen molar-refractivity contribution in [3.05, 3.63) is 52.9 Å². The first kappa shape index (κ1) is 18.0. The first-order valence-corrected chi connectivity index (χ1v) is 8.52. The van der Waals surface area contributed by atoms with Crippen LogP contribution in [-0.2, 0) is 6.54 Å². The fourth-order valence-electron chi connectivity index (χ4n) is 2.90. The molecule has 0 spiro atoms. The second-order valence-electron chi connectivity index (χ2n) is 6.25. The number of aromatic nitrogens is 3. The highest BCUT2D eigenvalue weighted by molar-refractivity contribution is 6.12. The van der Waals surface area contributed by atoms with Gasteiger partial charge in [-0.25, -0.2) is 18.4 Å². The lowest BCUT2D eigenvalue weighted by molar-refractivity contribution is 0.102. The number of hydrogen-bond donors (Lipinski definition) is 1. The molecule has 136 valence electrons. The van der Waals surface area contributed by atoms with E-state index in [4.69, 9.17) is 0 Å². The van der Waals surface area contributed by atoms with Gasteiger partial charge in [-0.15, -0.1) is 0 Å². The summed E-state index contributed by atoms with van der Waals surface area (Å²) in [6, 6.07) is 4.57. The zero-order valence-electron chi connectivity index (χ0n) is 14.9. The van der Waals surface area contributed by atoms with Crippen LogP contribution in [0.3, 0.4) is 0 Å². The molecule has 3 rings (SSSR count). The van der Waals surface area contributed by atoms with Gasteiger partial charge in [-0.2, -0.15) is 5.10 Å². The standard InChI is InChI=1S/C19H20F2N4O/c1-4-5-8-25-18-17(12(3)24-25)14(9-11(2)22-18)19(26)23-16-10-13(20)6-7-15(16)21/h6-7,9-10H,4-5,8H2,1-3H3,(H,23,26). The number of pyridine rings is 1. The van der Waals surface area contributed by atoms with Gasteiger partial charge >= 0.3 is 0 Å². The molecule has 0 saturated carbocycles. The minimum absolute atomic E-state index is 0.200. The molecule has 0 saturated heterocycles. The summed E-state index contributed by atoms with van der Waals surface area (Å²) in [4.78, 5) is 17.3. The number of carbonyl (C=O) groups is 1. The number of hydrogen-bond acceptors (Lipinski definition) is 3. The molecule has 0 aliphatic heterocycles. The van der Waals surface area contributed by atoms with Gasteiger partial charge in [0.25, 0.3) is 5.91 Å². The molecule has 3 aromatic rings. The van der Waals surface area contributed by atoms with E-state index < -0.39 is 17.5 Å². The molecule has 0 bridgehead atoms. The van der Waals surface area contributed by atoms with Crippen molar-refractivity contribution in [1.29, 1.82) is 0 Å². The fourth-order valence-corrected chi connectivity index (χ4v) is 2.90. The smallest absolute Gasteiger partial charge is 0.256 e. The summed E-state index contributed by atoms with van der Waals surface area (Å²) in [6.45, 7) is 6.38. The van der Waals surface area contributed by atoms with E-state index in [9.17, 15) is 13.6 Å². The second-order valence-corrected chi connectivity index (χ2v) is 6.25. The summed E-state index contributed by atoms with van der Waals surface area (Å²) >= 11 is 0. The molecule has 7 heteroatoms. The molecule has 1 amide bonds. The third-order valence-corrected chi connectivity index (χ3v) is 4.15. The van der Waals surface area contributed by atoms with Gasteiger partial charge in [-0.1, -0.05) is 13.3 Å². The fraction of sp³-hybridized carbons (Fsp3) is 0.316.